The van der Waals surface area contributed by atoms with Gasteiger partial charge in [0, 0.05) is 33.4 Å². The minimum absolute atomic E-state index is 0.659. The molecule has 0 N–H and O–H groups in total. The fourth-order valence-electron chi connectivity index (χ4n) is 9.14. The smallest absolute Gasteiger partial charge is 0.127 e. The van der Waals surface area contributed by atoms with E-state index in [1.165, 1.54) is 135 Å². The van der Waals surface area contributed by atoms with E-state index in [1.54, 1.807) is 0 Å². The summed E-state index contributed by atoms with van der Waals surface area (Å²) in [6, 6.07) is 12.8. The van der Waals surface area contributed by atoms with Crippen molar-refractivity contribution in [3.8, 4) is 34.5 Å². The first kappa shape index (κ1) is 49.8. The summed E-state index contributed by atoms with van der Waals surface area (Å²) in [6.45, 7) is 12.3. The Balaban J connectivity index is 1.36. The van der Waals surface area contributed by atoms with Crippen molar-refractivity contribution in [1.29, 1.82) is 0 Å². The van der Waals surface area contributed by atoms with Crippen LogP contribution in [0.25, 0.3) is 36.5 Å². The Morgan fingerprint density at radius 2 is 0.385 bits per heavy atom. The summed E-state index contributed by atoms with van der Waals surface area (Å²) in [5.74, 6) is 5.06. The zero-order chi connectivity index (χ0) is 45.0. The molecule has 0 spiro atoms. The van der Waals surface area contributed by atoms with Crippen LogP contribution in [-0.4, -0.2) is 39.6 Å². The van der Waals surface area contributed by atoms with Gasteiger partial charge in [-0.25, -0.2) is 0 Å². The van der Waals surface area contributed by atoms with E-state index in [0.717, 1.165) is 106 Å². The number of hydrogen-bond acceptors (Lipinski definition) is 6. The third kappa shape index (κ3) is 17.6. The number of fused-ring (bicyclic) bond motifs is 42. The molecule has 0 saturated carbocycles. The molecule has 354 valence electrons. The minimum atomic E-state index is 0.659. The molecule has 0 unspecified atom stereocenters. The highest BCUT2D eigenvalue weighted by atomic mass is 16.5. The average Bonchev–Trinajstić information content (AvgIpc) is 3.33. The van der Waals surface area contributed by atoms with Gasteiger partial charge in [-0.2, -0.15) is 0 Å². The topological polar surface area (TPSA) is 55.4 Å². The highest BCUT2D eigenvalue weighted by Gasteiger charge is 2.15. The van der Waals surface area contributed by atoms with Crippen molar-refractivity contribution >= 4 is 36.5 Å². The van der Waals surface area contributed by atoms with Gasteiger partial charge in [-0.1, -0.05) is 184 Å². The second kappa shape index (κ2) is 29.9. The van der Waals surface area contributed by atoms with E-state index >= 15 is 0 Å². The van der Waals surface area contributed by atoms with Crippen LogP contribution in [0.4, 0.5) is 0 Å². The van der Waals surface area contributed by atoms with Gasteiger partial charge in [0.1, 0.15) is 34.5 Å². The first-order valence-electron chi connectivity index (χ1n) is 26.1. The molecule has 0 fully saturated rings. The zero-order valence-corrected chi connectivity index (χ0v) is 40.1. The number of ether oxygens (including phenoxy) is 6. The van der Waals surface area contributed by atoms with Gasteiger partial charge >= 0.3 is 0 Å². The fourth-order valence-corrected chi connectivity index (χ4v) is 9.14. The SMILES string of the molecule is C=Cc1cc2c(C=Cc3cc4c(C=Cc5cc6c(C=C)cc5OCCCCCCCCCCCO6)cc3OCCCCCCCCCCCO4)cc1OCCCCCCCCCCCO2. The van der Waals surface area contributed by atoms with E-state index < -0.39 is 0 Å². The first-order chi connectivity index (χ1) is 32.2. The fraction of sp³-hybridized carbons (Fsp3) is 0.559. The molecule has 0 atom stereocenters. The molecule has 0 radical (unpaired) electrons. The normalized spacial score (nSPS) is 19.0. The molecule has 6 heterocycles. The second-order valence-electron chi connectivity index (χ2n) is 18.5. The molecule has 6 bridgehead atoms. The summed E-state index contributed by atoms with van der Waals surface area (Å²) >= 11 is 0. The average molecular weight is 887 g/mol. The van der Waals surface area contributed by atoms with Crippen molar-refractivity contribution in [3.63, 3.8) is 0 Å². The van der Waals surface area contributed by atoms with Crippen molar-refractivity contribution in [2.24, 2.45) is 0 Å². The summed E-state index contributed by atoms with van der Waals surface area (Å²) in [5, 5.41) is 0. The largest absolute Gasteiger partial charge is 0.493 e. The van der Waals surface area contributed by atoms with Crippen LogP contribution in [-0.2, 0) is 0 Å². The Kier molecular flexibility index (Phi) is 22.9. The standard InChI is InChI=1S/C59H82O6/c1-3-48-42-56-50(44-54(48)60-36-26-20-14-8-5-10-16-22-28-38-62-56)32-34-52-46-59-53(47-58(52)64-40-30-24-18-12-7-13-19-25-31-41-65-59)35-33-51-45-55-49(4-2)43-57(51)63-39-29-23-17-11-6-9-15-21-27-37-61-55/h3-4,32-35,42-47H,1-2,5-31,36-41H2. The predicted octanol–water partition coefficient (Wildman–Crippen LogP) is 17.2. The Morgan fingerprint density at radius 3 is 0.569 bits per heavy atom. The second-order valence-corrected chi connectivity index (χ2v) is 18.5. The Bertz CT molecular complexity index is 1790. The lowest BCUT2D eigenvalue weighted by atomic mass is 10.0. The van der Waals surface area contributed by atoms with Gasteiger partial charge in [0.25, 0.3) is 0 Å². The van der Waals surface area contributed by atoms with E-state index in [2.05, 4.69) is 73.9 Å². The van der Waals surface area contributed by atoms with E-state index in [1.807, 2.05) is 12.2 Å². The van der Waals surface area contributed by atoms with Crippen LogP contribution >= 0.6 is 0 Å². The van der Waals surface area contributed by atoms with Crippen molar-refractivity contribution in [1.82, 2.24) is 0 Å². The summed E-state index contributed by atoms with van der Waals surface area (Å²) in [6.07, 6.45) is 45.1. The molecule has 3 aromatic rings. The van der Waals surface area contributed by atoms with Crippen molar-refractivity contribution in [2.45, 2.75) is 173 Å². The van der Waals surface area contributed by atoms with Crippen LogP contribution < -0.4 is 28.4 Å². The Labute approximate surface area is 393 Å². The molecule has 9 rings (SSSR count). The predicted molar refractivity (Wildman–Crippen MR) is 275 cm³/mol. The lowest BCUT2D eigenvalue weighted by Gasteiger charge is -2.17. The molecule has 6 nitrogen and oxygen atoms in total. The van der Waals surface area contributed by atoms with Gasteiger partial charge in [0.15, 0.2) is 0 Å². The summed E-state index contributed by atoms with van der Waals surface area (Å²) in [7, 11) is 0. The van der Waals surface area contributed by atoms with Crippen LogP contribution in [0.1, 0.15) is 207 Å². The molecular formula is C59H82O6. The van der Waals surface area contributed by atoms with Gasteiger partial charge < -0.3 is 28.4 Å². The van der Waals surface area contributed by atoms with Crippen LogP contribution in [0.15, 0.2) is 49.6 Å². The molecule has 0 aromatic heterocycles. The van der Waals surface area contributed by atoms with Gasteiger partial charge in [-0.05, 0) is 74.9 Å². The Hall–Kier alpha value is -4.58. The van der Waals surface area contributed by atoms with Crippen LogP contribution in [0.2, 0.25) is 0 Å². The minimum Gasteiger partial charge on any atom is -0.493 e. The quantitative estimate of drug-likeness (QED) is 0.230. The summed E-state index contributed by atoms with van der Waals surface area (Å²) < 4.78 is 39.4. The maximum absolute atomic E-state index is 6.73. The van der Waals surface area contributed by atoms with E-state index in [0.29, 0.717) is 39.6 Å². The van der Waals surface area contributed by atoms with Crippen LogP contribution in [0.5, 0.6) is 34.5 Å². The molecule has 0 amide bonds. The third-order valence-electron chi connectivity index (χ3n) is 13.2. The van der Waals surface area contributed by atoms with Crippen molar-refractivity contribution < 1.29 is 28.4 Å². The van der Waals surface area contributed by atoms with Gasteiger partial charge in [0.05, 0.1) is 39.6 Å². The van der Waals surface area contributed by atoms with E-state index in [-0.39, 0.29) is 0 Å². The van der Waals surface area contributed by atoms with Gasteiger partial charge in [0.2, 0.25) is 0 Å². The highest BCUT2D eigenvalue weighted by Crippen LogP contribution is 2.37. The van der Waals surface area contributed by atoms with E-state index in [4.69, 9.17) is 28.4 Å². The maximum Gasteiger partial charge on any atom is 0.127 e. The van der Waals surface area contributed by atoms with Gasteiger partial charge in [-0.15, -0.1) is 0 Å². The van der Waals surface area contributed by atoms with Crippen LogP contribution in [0, 0.1) is 0 Å². The lowest BCUT2D eigenvalue weighted by molar-refractivity contribution is 0.297. The molecule has 0 aliphatic carbocycles. The number of benzene rings is 3. The van der Waals surface area contributed by atoms with Gasteiger partial charge in [-0.3, -0.25) is 0 Å². The Morgan fingerprint density at radius 1 is 0.231 bits per heavy atom. The number of rotatable bonds is 6. The molecular weight excluding hydrogens is 805 g/mol. The lowest BCUT2D eigenvalue weighted by Crippen LogP contribution is -2.03. The van der Waals surface area contributed by atoms with Crippen molar-refractivity contribution in [2.75, 3.05) is 39.6 Å². The molecule has 6 heteroatoms. The van der Waals surface area contributed by atoms with Crippen molar-refractivity contribution in [3.05, 3.63) is 82.9 Å². The first-order valence-corrected chi connectivity index (χ1v) is 26.1. The zero-order valence-electron chi connectivity index (χ0n) is 40.1. The third-order valence-corrected chi connectivity index (χ3v) is 13.2. The molecule has 6 aliphatic heterocycles. The number of hydrogen-bond donors (Lipinski definition) is 0. The highest BCUT2D eigenvalue weighted by molar-refractivity contribution is 5.82. The molecule has 3 aromatic carbocycles. The van der Waals surface area contributed by atoms with Crippen LogP contribution in [0.3, 0.4) is 0 Å². The summed E-state index contributed by atoms with van der Waals surface area (Å²) in [4.78, 5) is 0. The molecule has 65 heavy (non-hydrogen) atoms. The monoisotopic (exact) mass is 887 g/mol. The molecule has 0 saturated heterocycles. The summed E-state index contributed by atoms with van der Waals surface area (Å²) in [5.41, 5.74) is 5.82. The van der Waals surface area contributed by atoms with E-state index in [9.17, 15) is 0 Å². The molecule has 6 aliphatic rings. The maximum atomic E-state index is 6.73.